The molecule has 0 aliphatic rings. The molecule has 0 fully saturated rings. The lowest BCUT2D eigenvalue weighted by Gasteiger charge is -2.10. The van der Waals surface area contributed by atoms with E-state index >= 15 is 0 Å². The van der Waals surface area contributed by atoms with Gasteiger partial charge in [-0.15, -0.1) is 35.3 Å². The molecule has 0 aliphatic heterocycles. The number of hydrogen-bond donors (Lipinski definition) is 2. The number of guanidine groups is 1. The summed E-state index contributed by atoms with van der Waals surface area (Å²) in [6, 6.07) is 8.04. The minimum atomic E-state index is 0. The molecule has 0 unspecified atom stereocenters. The third-order valence-electron chi connectivity index (χ3n) is 2.56. The first-order valence-corrected chi connectivity index (χ1v) is 7.33. The van der Waals surface area contributed by atoms with Crippen LogP contribution in [0.3, 0.4) is 0 Å². The van der Waals surface area contributed by atoms with Crippen LogP contribution >= 0.6 is 35.3 Å². The first kappa shape index (κ1) is 17.0. The Hall–Kier alpha value is -1.02. The number of hydrogen-bond acceptors (Lipinski definition) is 3. The lowest BCUT2D eigenvalue weighted by atomic mass is 10.3. The van der Waals surface area contributed by atoms with Crippen LogP contribution < -0.4 is 10.6 Å². The third-order valence-corrected chi connectivity index (χ3v) is 3.50. The van der Waals surface area contributed by atoms with Gasteiger partial charge in [0.1, 0.15) is 12.3 Å². The van der Waals surface area contributed by atoms with E-state index in [-0.39, 0.29) is 24.0 Å². The summed E-state index contributed by atoms with van der Waals surface area (Å²) in [5.41, 5.74) is 0. The Morgan fingerprint density at radius 2 is 2.20 bits per heavy atom. The van der Waals surface area contributed by atoms with Crippen molar-refractivity contribution in [1.82, 2.24) is 10.6 Å². The number of aliphatic imine (C=N–C) groups is 1. The second-order valence-electron chi connectivity index (χ2n) is 4.03. The molecule has 0 saturated carbocycles. The summed E-state index contributed by atoms with van der Waals surface area (Å²) in [6.07, 6.45) is 2.69. The maximum Gasteiger partial charge on any atom is 0.191 e. The van der Waals surface area contributed by atoms with Gasteiger partial charge in [0.25, 0.3) is 0 Å². The zero-order chi connectivity index (χ0) is 13.3. The second-order valence-corrected chi connectivity index (χ2v) is 5.06. The van der Waals surface area contributed by atoms with E-state index in [0.717, 1.165) is 31.2 Å². The first-order valence-electron chi connectivity index (χ1n) is 6.45. The van der Waals surface area contributed by atoms with Crippen molar-refractivity contribution in [2.24, 2.45) is 4.99 Å². The van der Waals surface area contributed by atoms with Gasteiger partial charge in [0.05, 0.1) is 6.26 Å². The summed E-state index contributed by atoms with van der Waals surface area (Å²) in [6.45, 7) is 4.35. The fourth-order valence-electron chi connectivity index (χ4n) is 1.66. The molecule has 2 heterocycles. The maximum atomic E-state index is 5.26. The number of furan rings is 1. The van der Waals surface area contributed by atoms with Crippen LogP contribution in [0.5, 0.6) is 0 Å². The normalized spacial score (nSPS) is 10.9. The van der Waals surface area contributed by atoms with Crippen LogP contribution in [-0.4, -0.2) is 19.0 Å². The van der Waals surface area contributed by atoms with Gasteiger partial charge >= 0.3 is 0 Å². The first-order chi connectivity index (χ1) is 9.38. The molecule has 110 valence electrons. The van der Waals surface area contributed by atoms with Crippen molar-refractivity contribution in [2.45, 2.75) is 19.9 Å². The van der Waals surface area contributed by atoms with Crippen LogP contribution in [0.25, 0.3) is 0 Å². The summed E-state index contributed by atoms with van der Waals surface area (Å²) in [4.78, 5) is 5.86. The minimum absolute atomic E-state index is 0. The smallest absolute Gasteiger partial charge is 0.191 e. The van der Waals surface area contributed by atoms with Gasteiger partial charge in [-0.25, -0.2) is 4.99 Å². The molecule has 20 heavy (non-hydrogen) atoms. The fourth-order valence-corrected chi connectivity index (χ4v) is 2.37. The summed E-state index contributed by atoms with van der Waals surface area (Å²) in [5.74, 6) is 1.70. The highest BCUT2D eigenvalue weighted by Gasteiger charge is 1.99. The molecule has 4 nitrogen and oxygen atoms in total. The van der Waals surface area contributed by atoms with Crippen LogP contribution in [0, 0.1) is 0 Å². The van der Waals surface area contributed by atoms with Gasteiger partial charge in [0, 0.05) is 18.0 Å². The van der Waals surface area contributed by atoms with Gasteiger partial charge in [-0.2, -0.15) is 0 Å². The zero-order valence-corrected chi connectivity index (χ0v) is 14.6. The molecule has 0 aliphatic carbocycles. The molecule has 0 spiro atoms. The van der Waals surface area contributed by atoms with E-state index in [9.17, 15) is 0 Å². The molecule has 2 rings (SSSR count). The Morgan fingerprint density at radius 3 is 2.85 bits per heavy atom. The van der Waals surface area contributed by atoms with E-state index in [4.69, 9.17) is 4.42 Å². The van der Waals surface area contributed by atoms with Crippen LogP contribution in [0.2, 0.25) is 0 Å². The molecule has 2 aromatic heterocycles. The summed E-state index contributed by atoms with van der Waals surface area (Å²) in [5, 5.41) is 8.65. The van der Waals surface area contributed by atoms with E-state index in [1.54, 1.807) is 17.6 Å². The molecule has 0 saturated heterocycles. The van der Waals surface area contributed by atoms with Gasteiger partial charge in [-0.1, -0.05) is 6.07 Å². The number of halogens is 1. The van der Waals surface area contributed by atoms with Crippen LogP contribution in [0.1, 0.15) is 17.6 Å². The summed E-state index contributed by atoms with van der Waals surface area (Å²) in [7, 11) is 0. The average Bonchev–Trinajstić information content (AvgIpc) is 3.09. The Balaban J connectivity index is 0.00000200. The SMILES string of the molecule is CCNC(=NCc1ccco1)NCCc1cccs1.I. The lowest BCUT2D eigenvalue weighted by Crippen LogP contribution is -2.38. The zero-order valence-electron chi connectivity index (χ0n) is 11.5. The van der Waals surface area contributed by atoms with Gasteiger partial charge in [-0.3, -0.25) is 0 Å². The highest BCUT2D eigenvalue weighted by Crippen LogP contribution is 2.08. The highest BCUT2D eigenvalue weighted by molar-refractivity contribution is 14.0. The predicted molar refractivity (Wildman–Crippen MR) is 95.0 cm³/mol. The molecular formula is C14H20IN3OS. The van der Waals surface area contributed by atoms with E-state index < -0.39 is 0 Å². The van der Waals surface area contributed by atoms with Gasteiger partial charge in [0.15, 0.2) is 5.96 Å². The number of rotatable bonds is 6. The molecule has 2 N–H and O–H groups in total. The Labute approximate surface area is 140 Å². The maximum absolute atomic E-state index is 5.26. The van der Waals surface area contributed by atoms with Crippen LogP contribution in [-0.2, 0) is 13.0 Å². The average molecular weight is 405 g/mol. The van der Waals surface area contributed by atoms with Crippen LogP contribution in [0.15, 0.2) is 45.3 Å². The van der Waals surface area contributed by atoms with Gasteiger partial charge in [0.2, 0.25) is 0 Å². The quantitative estimate of drug-likeness (QED) is 0.441. The Kier molecular flexibility index (Phi) is 8.36. The molecule has 0 aromatic carbocycles. The molecular weight excluding hydrogens is 385 g/mol. The minimum Gasteiger partial charge on any atom is -0.467 e. The Morgan fingerprint density at radius 1 is 1.30 bits per heavy atom. The molecule has 0 amide bonds. The van der Waals surface area contributed by atoms with Gasteiger partial charge in [-0.05, 0) is 36.9 Å². The summed E-state index contributed by atoms with van der Waals surface area (Å²) >= 11 is 1.78. The second kappa shape index (κ2) is 9.82. The van der Waals surface area contributed by atoms with Gasteiger partial charge < -0.3 is 15.1 Å². The summed E-state index contributed by atoms with van der Waals surface area (Å²) < 4.78 is 5.26. The van der Waals surface area contributed by atoms with Crippen molar-refractivity contribution in [2.75, 3.05) is 13.1 Å². The topological polar surface area (TPSA) is 49.6 Å². The largest absolute Gasteiger partial charge is 0.467 e. The predicted octanol–water partition coefficient (Wildman–Crippen LogP) is 3.26. The molecule has 0 radical (unpaired) electrons. The lowest BCUT2D eigenvalue weighted by molar-refractivity contribution is 0.512. The van der Waals surface area contributed by atoms with Crippen molar-refractivity contribution < 1.29 is 4.42 Å². The van der Waals surface area contributed by atoms with Crippen molar-refractivity contribution in [3.8, 4) is 0 Å². The molecule has 0 atom stereocenters. The highest BCUT2D eigenvalue weighted by atomic mass is 127. The number of nitrogens with one attached hydrogen (secondary N) is 2. The fraction of sp³-hybridized carbons (Fsp3) is 0.357. The molecule has 2 aromatic rings. The van der Waals surface area contributed by atoms with Crippen molar-refractivity contribution in [3.63, 3.8) is 0 Å². The standard InChI is InChI=1S/C14H19N3OS.HI/c1-2-15-14(17-11-12-5-3-9-18-12)16-8-7-13-6-4-10-19-13;/h3-6,9-10H,2,7-8,11H2,1H3,(H2,15,16,17);1H. The van der Waals surface area contributed by atoms with E-state index in [1.165, 1.54) is 4.88 Å². The number of thiophene rings is 1. The molecule has 6 heteroatoms. The van der Waals surface area contributed by atoms with Crippen molar-refractivity contribution in [3.05, 3.63) is 46.5 Å². The number of nitrogens with zero attached hydrogens (tertiary/aromatic N) is 1. The third kappa shape index (κ3) is 5.96. The monoisotopic (exact) mass is 405 g/mol. The van der Waals surface area contributed by atoms with Crippen molar-refractivity contribution >= 4 is 41.3 Å². The molecule has 0 bridgehead atoms. The Bertz CT molecular complexity index is 483. The van der Waals surface area contributed by atoms with E-state index in [0.29, 0.717) is 6.54 Å². The van der Waals surface area contributed by atoms with Crippen molar-refractivity contribution in [1.29, 1.82) is 0 Å². The van der Waals surface area contributed by atoms with E-state index in [1.807, 2.05) is 12.1 Å². The van der Waals surface area contributed by atoms with E-state index in [2.05, 4.69) is 40.1 Å². The van der Waals surface area contributed by atoms with Crippen LogP contribution in [0.4, 0.5) is 0 Å².